The molecule has 1 aliphatic rings. The molecule has 3 aromatic heterocycles. The van der Waals surface area contributed by atoms with E-state index in [1.165, 1.54) is 12.1 Å². The average Bonchev–Trinajstić information content (AvgIpc) is 3.49. The van der Waals surface area contributed by atoms with Crippen LogP contribution in [0.4, 0.5) is 18.9 Å². The van der Waals surface area contributed by atoms with Gasteiger partial charge in [0, 0.05) is 54.4 Å². The molecule has 208 valence electrons. The summed E-state index contributed by atoms with van der Waals surface area (Å²) in [6, 6.07) is 12.1. The Morgan fingerprint density at radius 1 is 0.976 bits per heavy atom. The van der Waals surface area contributed by atoms with Crippen LogP contribution in [0.3, 0.4) is 0 Å². The maximum atomic E-state index is 14.2. The maximum absolute atomic E-state index is 14.2. The Bertz CT molecular complexity index is 1770. The predicted octanol–water partition coefficient (Wildman–Crippen LogP) is 6.33. The fraction of sp³-hybridized carbons (Fsp3) is 0.226. The van der Waals surface area contributed by atoms with Gasteiger partial charge in [-0.1, -0.05) is 13.0 Å². The van der Waals surface area contributed by atoms with Gasteiger partial charge in [0.25, 0.3) is 5.91 Å². The molecule has 10 heteroatoms. The maximum Gasteiger partial charge on any atom is 0.433 e. The number of halogens is 3. The molecule has 5 aromatic rings. The number of hydrogen-bond acceptors (Lipinski definition) is 5. The summed E-state index contributed by atoms with van der Waals surface area (Å²) in [5.41, 5.74) is 3.31. The molecule has 1 amide bonds. The van der Waals surface area contributed by atoms with E-state index in [1.54, 1.807) is 59.7 Å². The molecular weight excluding hydrogens is 531 g/mol. The van der Waals surface area contributed by atoms with Gasteiger partial charge in [-0.15, -0.1) is 0 Å². The Morgan fingerprint density at radius 3 is 2.54 bits per heavy atom. The number of imidazole rings is 1. The molecule has 41 heavy (non-hydrogen) atoms. The highest BCUT2D eigenvalue weighted by Crippen LogP contribution is 2.41. The first-order valence-electron chi connectivity index (χ1n) is 13.2. The molecule has 0 unspecified atom stereocenters. The second kappa shape index (κ2) is 10.3. The van der Waals surface area contributed by atoms with Crippen LogP contribution < -0.4 is 9.64 Å². The van der Waals surface area contributed by atoms with Crippen LogP contribution >= 0.6 is 0 Å². The van der Waals surface area contributed by atoms with Crippen LogP contribution in [0.2, 0.25) is 0 Å². The number of carbonyl (C=O) groups is 1. The molecule has 0 atom stereocenters. The third kappa shape index (κ3) is 4.79. The number of aromatic nitrogens is 4. The summed E-state index contributed by atoms with van der Waals surface area (Å²) in [4.78, 5) is 28.1. The smallest absolute Gasteiger partial charge is 0.433 e. The first-order chi connectivity index (χ1) is 19.8. The predicted molar refractivity (Wildman–Crippen MR) is 149 cm³/mol. The molecule has 0 bridgehead atoms. The van der Waals surface area contributed by atoms with Crippen LogP contribution in [0.5, 0.6) is 5.75 Å². The van der Waals surface area contributed by atoms with E-state index in [1.807, 2.05) is 19.1 Å². The first kappa shape index (κ1) is 26.5. The van der Waals surface area contributed by atoms with E-state index in [2.05, 4.69) is 15.0 Å². The van der Waals surface area contributed by atoms with Gasteiger partial charge in [0.15, 0.2) is 5.69 Å². The number of fused-ring (bicyclic) bond motifs is 2. The van der Waals surface area contributed by atoms with E-state index in [0.717, 1.165) is 23.6 Å². The molecule has 6 rings (SSSR count). The van der Waals surface area contributed by atoms with E-state index in [4.69, 9.17) is 4.74 Å². The monoisotopic (exact) mass is 557 g/mol. The molecule has 7 nitrogen and oxygen atoms in total. The quantitative estimate of drug-likeness (QED) is 0.244. The summed E-state index contributed by atoms with van der Waals surface area (Å²) in [6.45, 7) is 2.67. The number of amides is 1. The number of anilines is 1. The van der Waals surface area contributed by atoms with Crippen LogP contribution in [-0.4, -0.2) is 39.1 Å². The standard InChI is InChI=1S/C31H26F3N5O2/c1-3-19-13-25-26(6-9-36-28(25)27(16-19)41-2)39-11-7-21-23(22-5-4-8-37-29(22)31(32,33)34)14-20(15-24(21)30(39)40)17-38-12-10-35-18-38/h4-6,8-10,12-16,18H,3,7,11,17H2,1-2H3. The molecule has 0 radical (unpaired) electrons. The number of benzene rings is 2. The zero-order chi connectivity index (χ0) is 28.7. The molecule has 1 aliphatic heterocycles. The van der Waals surface area contributed by atoms with Crippen LogP contribution in [0, 0.1) is 0 Å². The minimum Gasteiger partial charge on any atom is -0.494 e. The summed E-state index contributed by atoms with van der Waals surface area (Å²) in [7, 11) is 1.59. The number of hydrogen-bond donors (Lipinski definition) is 0. The number of nitrogens with zero attached hydrogens (tertiary/aromatic N) is 5. The Morgan fingerprint density at radius 2 is 1.80 bits per heavy atom. The van der Waals surface area contributed by atoms with E-state index in [0.29, 0.717) is 58.7 Å². The van der Waals surface area contributed by atoms with Gasteiger partial charge in [-0.05, 0) is 71.5 Å². The summed E-state index contributed by atoms with van der Waals surface area (Å²) in [5.74, 6) is 0.331. The van der Waals surface area contributed by atoms with Crippen molar-refractivity contribution in [2.45, 2.75) is 32.5 Å². The zero-order valence-corrected chi connectivity index (χ0v) is 22.4. The zero-order valence-electron chi connectivity index (χ0n) is 22.4. The van der Waals surface area contributed by atoms with E-state index in [-0.39, 0.29) is 11.5 Å². The summed E-state index contributed by atoms with van der Waals surface area (Å²) < 4.78 is 49.5. The third-order valence-electron chi connectivity index (χ3n) is 7.43. The van der Waals surface area contributed by atoms with Gasteiger partial charge in [-0.3, -0.25) is 14.8 Å². The fourth-order valence-corrected chi connectivity index (χ4v) is 5.52. The van der Waals surface area contributed by atoms with Gasteiger partial charge < -0.3 is 14.2 Å². The number of rotatable bonds is 6. The topological polar surface area (TPSA) is 73.1 Å². The fourth-order valence-electron chi connectivity index (χ4n) is 5.52. The van der Waals surface area contributed by atoms with E-state index in [9.17, 15) is 18.0 Å². The highest BCUT2D eigenvalue weighted by molar-refractivity contribution is 6.13. The lowest BCUT2D eigenvalue weighted by atomic mass is 9.87. The molecular formula is C31H26F3N5O2. The second-order valence-corrected chi connectivity index (χ2v) is 9.89. The van der Waals surface area contributed by atoms with Crippen LogP contribution in [0.1, 0.15) is 39.7 Å². The Balaban J connectivity index is 1.53. The molecule has 0 N–H and O–H groups in total. The molecule has 0 saturated heterocycles. The lowest BCUT2D eigenvalue weighted by Crippen LogP contribution is -2.38. The summed E-state index contributed by atoms with van der Waals surface area (Å²) in [6.07, 6.45) is 4.27. The van der Waals surface area contributed by atoms with Crippen LogP contribution in [-0.2, 0) is 25.6 Å². The molecule has 0 aliphatic carbocycles. The average molecular weight is 558 g/mol. The Kier molecular flexibility index (Phi) is 6.69. The number of pyridine rings is 2. The van der Waals surface area contributed by atoms with Gasteiger partial charge in [0.1, 0.15) is 11.3 Å². The van der Waals surface area contributed by atoms with Crippen molar-refractivity contribution in [3.05, 3.63) is 102 Å². The van der Waals surface area contributed by atoms with Crippen molar-refractivity contribution in [2.24, 2.45) is 0 Å². The van der Waals surface area contributed by atoms with Crippen LogP contribution in [0.15, 0.2) is 73.6 Å². The van der Waals surface area contributed by atoms with Crippen molar-refractivity contribution in [1.29, 1.82) is 0 Å². The van der Waals surface area contributed by atoms with Crippen molar-refractivity contribution in [2.75, 3.05) is 18.6 Å². The summed E-state index contributed by atoms with van der Waals surface area (Å²) >= 11 is 0. The van der Waals surface area contributed by atoms with Gasteiger partial charge in [-0.25, -0.2) is 4.98 Å². The van der Waals surface area contributed by atoms with Crippen LogP contribution in [0.25, 0.3) is 22.0 Å². The molecule has 4 heterocycles. The SMILES string of the molecule is CCc1cc(OC)c2nccc(N3CCc4c(cc(Cn5ccnc5)cc4-c4cccnc4C(F)(F)F)C3=O)c2c1. The Labute approximate surface area is 234 Å². The lowest BCUT2D eigenvalue weighted by molar-refractivity contribution is -0.140. The van der Waals surface area contributed by atoms with Gasteiger partial charge in [-0.2, -0.15) is 13.2 Å². The van der Waals surface area contributed by atoms with Crippen molar-refractivity contribution < 1.29 is 22.7 Å². The normalized spacial score (nSPS) is 13.5. The highest BCUT2D eigenvalue weighted by Gasteiger charge is 2.37. The molecule has 0 spiro atoms. The first-order valence-corrected chi connectivity index (χ1v) is 13.2. The number of carbonyl (C=O) groups excluding carboxylic acids is 1. The largest absolute Gasteiger partial charge is 0.494 e. The van der Waals surface area contributed by atoms with Gasteiger partial charge in [0.05, 0.1) is 19.1 Å². The Hall–Kier alpha value is -4.73. The minimum atomic E-state index is -4.65. The number of alkyl halides is 3. The highest BCUT2D eigenvalue weighted by atomic mass is 19.4. The van der Waals surface area contributed by atoms with Gasteiger partial charge in [0.2, 0.25) is 0 Å². The summed E-state index contributed by atoms with van der Waals surface area (Å²) in [5, 5.41) is 0.780. The molecule has 0 fully saturated rings. The van der Waals surface area contributed by atoms with E-state index < -0.39 is 11.9 Å². The van der Waals surface area contributed by atoms with Crippen molar-refractivity contribution in [1.82, 2.24) is 19.5 Å². The molecule has 0 saturated carbocycles. The second-order valence-electron chi connectivity index (χ2n) is 9.89. The number of ether oxygens (including phenoxy) is 1. The van der Waals surface area contributed by atoms with Gasteiger partial charge >= 0.3 is 6.18 Å². The number of aryl methyl sites for hydroxylation is 1. The lowest BCUT2D eigenvalue weighted by Gasteiger charge is -2.31. The minimum absolute atomic E-state index is 0.0448. The van der Waals surface area contributed by atoms with Crippen molar-refractivity contribution in [3.63, 3.8) is 0 Å². The number of methoxy groups -OCH3 is 1. The molecule has 2 aromatic carbocycles. The van der Waals surface area contributed by atoms with Crippen molar-refractivity contribution in [3.8, 4) is 16.9 Å². The third-order valence-corrected chi connectivity index (χ3v) is 7.43. The van der Waals surface area contributed by atoms with Crippen molar-refractivity contribution >= 4 is 22.5 Å². The van der Waals surface area contributed by atoms with E-state index >= 15 is 0 Å².